The molecule has 15 heavy (non-hydrogen) atoms. The molecule has 0 aliphatic heterocycles. The maximum atomic E-state index is 4.44. The topological polar surface area (TPSA) is 21.1 Å². The molecule has 3 heteroatoms. The largest absolute Gasteiger partial charge is 0.334 e. The quantitative estimate of drug-likeness (QED) is 0.761. The normalized spacial score (nSPS) is 11.5. The number of aromatic nitrogens is 2. The van der Waals surface area contributed by atoms with Gasteiger partial charge in [0.1, 0.15) is 0 Å². The molecule has 2 rings (SSSR count). The van der Waals surface area contributed by atoms with Crippen LogP contribution in [0.25, 0.3) is 11.0 Å². The summed E-state index contributed by atoms with van der Waals surface area (Å²) < 4.78 is 2.06. The van der Waals surface area contributed by atoms with Crippen LogP contribution in [-0.2, 0) is 13.6 Å². The van der Waals surface area contributed by atoms with Crippen molar-refractivity contribution in [2.24, 2.45) is 7.05 Å². The Morgan fingerprint density at radius 2 is 2.20 bits per heavy atom. The molecule has 80 valence electrons. The first-order valence-corrected chi connectivity index (χ1v) is 5.30. The van der Waals surface area contributed by atoms with E-state index in [0.717, 1.165) is 18.6 Å². The lowest BCUT2D eigenvalue weighted by atomic mass is 10.1. The van der Waals surface area contributed by atoms with Gasteiger partial charge in [0.2, 0.25) is 0 Å². The van der Waals surface area contributed by atoms with E-state index in [2.05, 4.69) is 46.6 Å². The SMILES string of the molecule is CCN(C)Cc1cccc2c1ncn2C. The number of aryl methyl sites for hydroxylation is 1. The maximum Gasteiger partial charge on any atom is 0.0955 e. The van der Waals surface area contributed by atoms with Gasteiger partial charge in [-0.25, -0.2) is 4.98 Å². The van der Waals surface area contributed by atoms with Crippen molar-refractivity contribution >= 4 is 11.0 Å². The summed E-state index contributed by atoms with van der Waals surface area (Å²) in [5.41, 5.74) is 3.63. The summed E-state index contributed by atoms with van der Waals surface area (Å²) in [6, 6.07) is 6.36. The molecule has 0 aliphatic rings. The fraction of sp³-hybridized carbons (Fsp3) is 0.417. The van der Waals surface area contributed by atoms with Gasteiger partial charge in [0.05, 0.1) is 17.4 Å². The molecule has 3 nitrogen and oxygen atoms in total. The first-order valence-electron chi connectivity index (χ1n) is 5.30. The minimum atomic E-state index is 0.963. The van der Waals surface area contributed by atoms with Gasteiger partial charge in [-0.05, 0) is 25.2 Å². The van der Waals surface area contributed by atoms with Crippen LogP contribution in [0.4, 0.5) is 0 Å². The molecule has 0 saturated carbocycles. The second-order valence-corrected chi connectivity index (χ2v) is 3.97. The van der Waals surface area contributed by atoms with Crippen LogP contribution in [0.2, 0.25) is 0 Å². The minimum Gasteiger partial charge on any atom is -0.334 e. The average Bonchev–Trinajstić information content (AvgIpc) is 2.62. The van der Waals surface area contributed by atoms with Crippen molar-refractivity contribution in [3.63, 3.8) is 0 Å². The number of imidazole rings is 1. The number of nitrogens with zero attached hydrogens (tertiary/aromatic N) is 3. The number of benzene rings is 1. The Bertz CT molecular complexity index is 459. The lowest BCUT2D eigenvalue weighted by molar-refractivity contribution is 0.347. The number of hydrogen-bond donors (Lipinski definition) is 0. The molecule has 2 aromatic rings. The Labute approximate surface area is 90.3 Å². The Balaban J connectivity index is 2.43. The van der Waals surface area contributed by atoms with E-state index in [-0.39, 0.29) is 0 Å². The molecule has 0 radical (unpaired) electrons. The molecule has 0 amide bonds. The predicted octanol–water partition coefficient (Wildman–Crippen LogP) is 2.02. The molecule has 0 bridgehead atoms. The molecule has 0 unspecified atom stereocenters. The fourth-order valence-electron chi connectivity index (χ4n) is 1.75. The van der Waals surface area contributed by atoms with Crippen LogP contribution in [0.5, 0.6) is 0 Å². The molecule has 0 N–H and O–H groups in total. The van der Waals surface area contributed by atoms with E-state index >= 15 is 0 Å². The van der Waals surface area contributed by atoms with E-state index in [4.69, 9.17) is 0 Å². The van der Waals surface area contributed by atoms with E-state index in [0.29, 0.717) is 0 Å². The van der Waals surface area contributed by atoms with Gasteiger partial charge < -0.3 is 9.47 Å². The zero-order chi connectivity index (χ0) is 10.8. The van der Waals surface area contributed by atoms with E-state index in [1.807, 2.05) is 13.4 Å². The number of para-hydroxylation sites is 1. The third kappa shape index (κ3) is 1.88. The van der Waals surface area contributed by atoms with Crippen molar-refractivity contribution in [3.8, 4) is 0 Å². The van der Waals surface area contributed by atoms with Gasteiger partial charge in [-0.3, -0.25) is 0 Å². The van der Waals surface area contributed by atoms with Crippen LogP contribution >= 0.6 is 0 Å². The molecule has 1 aromatic heterocycles. The first kappa shape index (κ1) is 10.2. The zero-order valence-electron chi connectivity index (χ0n) is 9.57. The Morgan fingerprint density at radius 3 is 2.93 bits per heavy atom. The van der Waals surface area contributed by atoms with E-state index < -0.39 is 0 Å². The Hall–Kier alpha value is -1.35. The van der Waals surface area contributed by atoms with Crippen molar-refractivity contribution in [2.45, 2.75) is 13.5 Å². The summed E-state index contributed by atoms with van der Waals surface area (Å²) in [4.78, 5) is 6.72. The van der Waals surface area contributed by atoms with Gasteiger partial charge in [-0.15, -0.1) is 0 Å². The fourth-order valence-corrected chi connectivity index (χ4v) is 1.75. The zero-order valence-corrected chi connectivity index (χ0v) is 9.57. The van der Waals surface area contributed by atoms with Gasteiger partial charge in [0, 0.05) is 13.6 Å². The van der Waals surface area contributed by atoms with Gasteiger partial charge in [-0.1, -0.05) is 19.1 Å². The first-order chi connectivity index (χ1) is 7.22. The molecule has 0 spiro atoms. The highest BCUT2D eigenvalue weighted by atomic mass is 15.1. The predicted molar refractivity (Wildman–Crippen MR) is 62.7 cm³/mol. The van der Waals surface area contributed by atoms with Gasteiger partial charge in [0.25, 0.3) is 0 Å². The molecule has 1 aromatic carbocycles. The summed E-state index contributed by atoms with van der Waals surface area (Å²) in [5, 5.41) is 0. The number of hydrogen-bond acceptors (Lipinski definition) is 2. The molecular formula is C12H17N3. The third-order valence-electron chi connectivity index (χ3n) is 2.82. The Morgan fingerprint density at radius 1 is 1.40 bits per heavy atom. The summed E-state index contributed by atoms with van der Waals surface area (Å²) in [6.07, 6.45) is 1.88. The molecule has 0 atom stereocenters. The van der Waals surface area contributed by atoms with Crippen LogP contribution in [0.3, 0.4) is 0 Å². The van der Waals surface area contributed by atoms with Gasteiger partial charge in [-0.2, -0.15) is 0 Å². The second-order valence-electron chi connectivity index (χ2n) is 3.97. The summed E-state index contributed by atoms with van der Waals surface area (Å²) in [5.74, 6) is 0. The summed E-state index contributed by atoms with van der Waals surface area (Å²) in [7, 11) is 4.16. The van der Waals surface area contributed by atoms with Crippen molar-refractivity contribution in [2.75, 3.05) is 13.6 Å². The Kier molecular flexibility index (Phi) is 2.73. The van der Waals surface area contributed by atoms with Crippen LogP contribution in [0.1, 0.15) is 12.5 Å². The molecule has 1 heterocycles. The molecule has 0 saturated heterocycles. The molecular weight excluding hydrogens is 186 g/mol. The van der Waals surface area contributed by atoms with E-state index in [9.17, 15) is 0 Å². The van der Waals surface area contributed by atoms with Crippen molar-refractivity contribution in [1.29, 1.82) is 0 Å². The highest BCUT2D eigenvalue weighted by Gasteiger charge is 2.06. The summed E-state index contributed by atoms with van der Waals surface area (Å²) in [6.45, 7) is 4.19. The van der Waals surface area contributed by atoms with Crippen LogP contribution in [0, 0.1) is 0 Å². The highest BCUT2D eigenvalue weighted by Crippen LogP contribution is 2.17. The average molecular weight is 203 g/mol. The van der Waals surface area contributed by atoms with Gasteiger partial charge >= 0.3 is 0 Å². The standard InChI is InChI=1S/C12H17N3/c1-4-14(2)8-10-6-5-7-11-12(10)13-9-15(11)3/h5-7,9H,4,8H2,1-3H3. The van der Waals surface area contributed by atoms with Crippen molar-refractivity contribution in [1.82, 2.24) is 14.5 Å². The van der Waals surface area contributed by atoms with Crippen molar-refractivity contribution in [3.05, 3.63) is 30.1 Å². The maximum absolute atomic E-state index is 4.44. The molecule has 0 aliphatic carbocycles. The molecule has 0 fully saturated rings. The lowest BCUT2D eigenvalue weighted by Gasteiger charge is -2.13. The van der Waals surface area contributed by atoms with Crippen LogP contribution in [-0.4, -0.2) is 28.0 Å². The van der Waals surface area contributed by atoms with Crippen LogP contribution in [0.15, 0.2) is 24.5 Å². The van der Waals surface area contributed by atoms with E-state index in [1.165, 1.54) is 11.1 Å². The van der Waals surface area contributed by atoms with E-state index in [1.54, 1.807) is 0 Å². The number of rotatable bonds is 3. The second kappa shape index (κ2) is 4.03. The number of fused-ring (bicyclic) bond motifs is 1. The highest BCUT2D eigenvalue weighted by molar-refractivity contribution is 5.78. The minimum absolute atomic E-state index is 0.963. The van der Waals surface area contributed by atoms with Gasteiger partial charge in [0.15, 0.2) is 0 Å². The lowest BCUT2D eigenvalue weighted by Crippen LogP contribution is -2.16. The smallest absolute Gasteiger partial charge is 0.0955 e. The monoisotopic (exact) mass is 203 g/mol. The summed E-state index contributed by atoms with van der Waals surface area (Å²) >= 11 is 0. The van der Waals surface area contributed by atoms with Crippen LogP contribution < -0.4 is 0 Å². The third-order valence-corrected chi connectivity index (χ3v) is 2.82. The van der Waals surface area contributed by atoms with Crippen molar-refractivity contribution < 1.29 is 0 Å².